The van der Waals surface area contributed by atoms with Crippen LogP contribution >= 0.6 is 11.6 Å². The molecule has 1 aliphatic rings. The first-order valence-electron chi connectivity index (χ1n) is 8.60. The Kier molecular flexibility index (Phi) is 5.08. The second-order valence-corrected chi connectivity index (χ2v) is 7.28. The highest BCUT2D eigenvalue weighted by Crippen LogP contribution is 2.32. The van der Waals surface area contributed by atoms with Crippen molar-refractivity contribution in [3.05, 3.63) is 52.1 Å². The molecule has 23 heavy (non-hydrogen) atoms. The minimum atomic E-state index is 0.257. The number of aliphatic hydroxyl groups excluding tert-OH is 1. The predicted octanol–water partition coefficient (Wildman–Crippen LogP) is 3.93. The number of aliphatic hydroxyl groups is 1. The number of H-pyrrole nitrogens is 1. The number of aromatic nitrogens is 2. The summed E-state index contributed by atoms with van der Waals surface area (Å²) in [5, 5.41) is 10.2. The van der Waals surface area contributed by atoms with E-state index in [1.165, 1.54) is 35.6 Å². The van der Waals surface area contributed by atoms with Crippen LogP contribution in [0.2, 0.25) is 5.02 Å². The first kappa shape index (κ1) is 16.5. The second kappa shape index (κ2) is 7.06. The number of rotatable bonds is 5. The number of halogens is 1. The Hall–Kier alpha value is -1.32. The van der Waals surface area contributed by atoms with Gasteiger partial charge in [0.05, 0.1) is 5.92 Å². The molecule has 0 fully saturated rings. The molecule has 0 spiro atoms. The molecule has 0 aliphatic heterocycles. The number of benzene rings is 1. The van der Waals surface area contributed by atoms with Crippen molar-refractivity contribution in [2.24, 2.45) is 0 Å². The maximum atomic E-state index is 9.44. The summed E-state index contributed by atoms with van der Waals surface area (Å²) in [6.07, 6.45) is 4.34. The Labute approximate surface area is 143 Å². The highest BCUT2D eigenvalue weighted by atomic mass is 35.5. The zero-order valence-electron chi connectivity index (χ0n) is 14.0. The minimum Gasteiger partial charge on any atom is -0.396 e. The molecule has 0 saturated heterocycles. The van der Waals surface area contributed by atoms with E-state index in [1.807, 2.05) is 12.1 Å². The van der Waals surface area contributed by atoms with Crippen molar-refractivity contribution in [3.63, 3.8) is 0 Å². The number of nitrogens with zero attached hydrogens (tertiary/aromatic N) is 1. The molecule has 3 rings (SSSR count). The molecule has 1 aromatic heterocycles. The lowest BCUT2D eigenvalue weighted by molar-refractivity contribution is -0.704. The van der Waals surface area contributed by atoms with Gasteiger partial charge in [-0.25, -0.2) is 9.55 Å². The molecule has 0 saturated carbocycles. The molecule has 124 valence electrons. The fraction of sp³-hybridized carbons (Fsp3) is 0.526. The normalized spacial score (nSPS) is 17.5. The predicted molar refractivity (Wildman–Crippen MR) is 93.0 cm³/mol. The van der Waals surface area contributed by atoms with Gasteiger partial charge in [-0.15, -0.1) is 0 Å². The van der Waals surface area contributed by atoms with E-state index in [9.17, 15) is 5.11 Å². The van der Waals surface area contributed by atoms with Gasteiger partial charge in [-0.05, 0) is 37.0 Å². The van der Waals surface area contributed by atoms with Crippen molar-refractivity contribution in [3.8, 4) is 0 Å². The van der Waals surface area contributed by atoms with E-state index in [1.54, 1.807) is 0 Å². The van der Waals surface area contributed by atoms with E-state index in [0.29, 0.717) is 11.8 Å². The maximum absolute atomic E-state index is 9.44. The van der Waals surface area contributed by atoms with Crippen LogP contribution in [0.15, 0.2) is 24.3 Å². The monoisotopic (exact) mass is 333 g/mol. The minimum absolute atomic E-state index is 0.257. The van der Waals surface area contributed by atoms with Crippen molar-refractivity contribution < 1.29 is 9.67 Å². The Morgan fingerprint density at radius 2 is 2.04 bits per heavy atom. The fourth-order valence-corrected chi connectivity index (χ4v) is 3.86. The molecule has 1 heterocycles. The molecule has 4 heteroatoms. The van der Waals surface area contributed by atoms with Crippen LogP contribution in [0.1, 0.15) is 67.7 Å². The summed E-state index contributed by atoms with van der Waals surface area (Å²) in [6, 6.07) is 8.11. The van der Waals surface area contributed by atoms with Gasteiger partial charge >= 0.3 is 0 Å². The molecule has 2 aromatic rings. The summed E-state index contributed by atoms with van der Waals surface area (Å²) in [5.74, 6) is 2.19. The molecular weight excluding hydrogens is 308 g/mol. The van der Waals surface area contributed by atoms with E-state index in [-0.39, 0.29) is 6.61 Å². The van der Waals surface area contributed by atoms with E-state index < -0.39 is 0 Å². The molecule has 1 aliphatic carbocycles. The van der Waals surface area contributed by atoms with Crippen LogP contribution in [-0.4, -0.2) is 16.7 Å². The molecule has 3 nitrogen and oxygen atoms in total. The molecule has 0 radical (unpaired) electrons. The van der Waals surface area contributed by atoms with Crippen LogP contribution < -0.4 is 4.57 Å². The Balaban J connectivity index is 2.02. The highest BCUT2D eigenvalue weighted by Gasteiger charge is 2.34. The third-order valence-corrected chi connectivity index (χ3v) is 5.07. The first-order valence-corrected chi connectivity index (χ1v) is 8.97. The number of hydrogen-bond donors (Lipinski definition) is 2. The standard InChI is InChI=1S/C19H25ClN2O/c1-13(2)19-21-17-5-3-4-15(10-11-23)18(17)22(19)12-14-6-8-16(20)9-7-14/h6-9,13,15,23H,3-5,10-12H2,1-2H3/p+1. The van der Waals surface area contributed by atoms with Crippen molar-refractivity contribution >= 4 is 11.6 Å². The van der Waals surface area contributed by atoms with Crippen LogP contribution in [0.25, 0.3) is 0 Å². The molecule has 0 amide bonds. The average Bonchev–Trinajstić information content (AvgIpc) is 2.90. The van der Waals surface area contributed by atoms with Gasteiger partial charge in [0.1, 0.15) is 17.9 Å². The first-order chi connectivity index (χ1) is 11.1. The number of fused-ring (bicyclic) bond motifs is 1. The van der Waals surface area contributed by atoms with Crippen LogP contribution in [-0.2, 0) is 13.0 Å². The van der Waals surface area contributed by atoms with E-state index in [0.717, 1.165) is 24.4 Å². The van der Waals surface area contributed by atoms with Gasteiger partial charge in [-0.2, -0.15) is 0 Å². The van der Waals surface area contributed by atoms with Gasteiger partial charge in [-0.3, -0.25) is 0 Å². The maximum Gasteiger partial charge on any atom is 0.257 e. The largest absolute Gasteiger partial charge is 0.396 e. The lowest BCUT2D eigenvalue weighted by Crippen LogP contribution is -2.43. The molecule has 1 unspecified atom stereocenters. The summed E-state index contributed by atoms with van der Waals surface area (Å²) in [7, 11) is 0. The van der Waals surface area contributed by atoms with Gasteiger partial charge in [0.15, 0.2) is 0 Å². The number of nitrogens with one attached hydrogen (secondary N) is 1. The van der Waals surface area contributed by atoms with Crippen molar-refractivity contribution in [1.29, 1.82) is 0 Å². The van der Waals surface area contributed by atoms with Crippen LogP contribution in [0.4, 0.5) is 0 Å². The van der Waals surface area contributed by atoms with E-state index in [2.05, 4.69) is 35.5 Å². The lowest BCUT2D eigenvalue weighted by atomic mass is 9.87. The molecule has 2 N–H and O–H groups in total. The number of imidazole rings is 1. The van der Waals surface area contributed by atoms with E-state index in [4.69, 9.17) is 11.6 Å². The third kappa shape index (κ3) is 3.46. The fourth-order valence-electron chi connectivity index (χ4n) is 3.73. The van der Waals surface area contributed by atoms with Crippen molar-refractivity contribution in [2.45, 2.75) is 57.9 Å². The lowest BCUT2D eigenvalue weighted by Gasteiger charge is -2.20. The quantitative estimate of drug-likeness (QED) is 0.800. The topological polar surface area (TPSA) is 39.9 Å². The summed E-state index contributed by atoms with van der Waals surface area (Å²) in [5.41, 5.74) is 4.03. The molecule has 1 aromatic carbocycles. The summed E-state index contributed by atoms with van der Waals surface area (Å²) >= 11 is 6.01. The van der Waals surface area contributed by atoms with Crippen LogP contribution in [0, 0.1) is 0 Å². The van der Waals surface area contributed by atoms with E-state index >= 15 is 0 Å². The van der Waals surface area contributed by atoms with Gasteiger partial charge in [0.2, 0.25) is 0 Å². The summed E-state index contributed by atoms with van der Waals surface area (Å²) in [6.45, 7) is 5.58. The molecule has 0 bridgehead atoms. The number of hydrogen-bond acceptors (Lipinski definition) is 1. The van der Waals surface area contributed by atoms with Gasteiger partial charge in [0, 0.05) is 24.0 Å². The van der Waals surface area contributed by atoms with Gasteiger partial charge in [0.25, 0.3) is 5.82 Å². The Morgan fingerprint density at radius 3 is 2.70 bits per heavy atom. The second-order valence-electron chi connectivity index (χ2n) is 6.84. The van der Waals surface area contributed by atoms with Crippen molar-refractivity contribution in [2.75, 3.05) is 6.61 Å². The van der Waals surface area contributed by atoms with Gasteiger partial charge < -0.3 is 5.11 Å². The Bertz CT molecular complexity index is 661. The molecular formula is C19H26ClN2O+. The third-order valence-electron chi connectivity index (χ3n) is 4.81. The highest BCUT2D eigenvalue weighted by molar-refractivity contribution is 6.30. The average molecular weight is 334 g/mol. The zero-order valence-corrected chi connectivity index (χ0v) is 14.7. The van der Waals surface area contributed by atoms with Crippen LogP contribution in [0.3, 0.4) is 0 Å². The van der Waals surface area contributed by atoms with Crippen molar-refractivity contribution in [1.82, 2.24) is 4.98 Å². The van der Waals surface area contributed by atoms with Gasteiger partial charge in [-0.1, -0.05) is 37.6 Å². The summed E-state index contributed by atoms with van der Waals surface area (Å²) < 4.78 is 2.45. The molecule has 1 atom stereocenters. The van der Waals surface area contributed by atoms with Crippen LogP contribution in [0.5, 0.6) is 0 Å². The SMILES string of the molecule is CC(C)c1[nH]c2c([n+]1Cc1ccc(Cl)cc1)C(CCO)CCC2. The Morgan fingerprint density at radius 1 is 1.30 bits per heavy atom. The number of aryl methyl sites for hydroxylation is 1. The number of aromatic amines is 1. The smallest absolute Gasteiger partial charge is 0.257 e. The summed E-state index contributed by atoms with van der Waals surface area (Å²) in [4.78, 5) is 3.68. The zero-order chi connectivity index (χ0) is 16.4.